The average molecular weight is 810 g/mol. The molecule has 8 N–H and O–H groups in total. The Bertz CT molecular complexity index is 1070. The van der Waals surface area contributed by atoms with E-state index in [0.717, 1.165) is 57.8 Å². The van der Waals surface area contributed by atoms with Crippen molar-refractivity contribution >= 4 is 5.91 Å². The van der Waals surface area contributed by atoms with E-state index in [1.807, 2.05) is 0 Å². The van der Waals surface area contributed by atoms with Gasteiger partial charge in [0.1, 0.15) is 36.6 Å². The van der Waals surface area contributed by atoms with Crippen LogP contribution in [-0.4, -0.2) is 110 Å². The molecule has 0 spiro atoms. The molecule has 1 fully saturated rings. The fourth-order valence-corrected chi connectivity index (χ4v) is 6.80. The van der Waals surface area contributed by atoms with Crippen LogP contribution in [0.5, 0.6) is 0 Å². The van der Waals surface area contributed by atoms with Crippen LogP contribution in [0, 0.1) is 0 Å². The predicted molar refractivity (Wildman–Crippen MR) is 228 cm³/mol. The Morgan fingerprint density at radius 1 is 0.614 bits per heavy atom. The van der Waals surface area contributed by atoms with Gasteiger partial charge in [0.25, 0.3) is 0 Å². The highest BCUT2D eigenvalue weighted by molar-refractivity contribution is 5.80. The molecule has 1 saturated heterocycles. The van der Waals surface area contributed by atoms with Gasteiger partial charge in [-0.25, -0.2) is 0 Å². The van der Waals surface area contributed by atoms with E-state index < -0.39 is 74.2 Å². The van der Waals surface area contributed by atoms with Gasteiger partial charge in [-0.2, -0.15) is 0 Å². The zero-order valence-corrected chi connectivity index (χ0v) is 35.6. The summed E-state index contributed by atoms with van der Waals surface area (Å²) >= 11 is 0. The van der Waals surface area contributed by atoms with Crippen LogP contribution in [0.3, 0.4) is 0 Å². The predicted octanol–water partition coefficient (Wildman–Crippen LogP) is 7.00. The topological polar surface area (TPSA) is 189 Å². The van der Waals surface area contributed by atoms with Gasteiger partial charge in [-0.3, -0.25) is 4.79 Å². The summed E-state index contributed by atoms with van der Waals surface area (Å²) in [7, 11) is 0. The molecule has 332 valence electrons. The standard InChI is InChI=1S/C46H83NO10/c1-3-5-7-9-11-13-15-17-19-20-22-23-25-27-29-31-33-38(49)41(51)37(36-56-46-44(54)43(53)42(52)40(35-48)57-46)47-45(55)39(50)34-32-30-28-26-24-21-18-16-14-12-10-8-6-4-2/h12,14,16,18-20,25,27,37-44,46,48-54H,3-11,13,15,17,21-24,26,28-36H2,1-2H3,(H,47,55)/b14-12-,18-16-,20-19+,27-25+. The molecule has 1 aliphatic rings. The molecule has 0 aromatic heterocycles. The Balaban J connectivity index is 2.53. The minimum atomic E-state index is -1.67. The first-order chi connectivity index (χ1) is 27.7. The Labute approximate surface area is 345 Å². The van der Waals surface area contributed by atoms with Gasteiger partial charge in [0.05, 0.1) is 25.4 Å². The highest BCUT2D eigenvalue weighted by Gasteiger charge is 2.44. The monoisotopic (exact) mass is 810 g/mol. The normalized spacial score (nSPS) is 22.6. The van der Waals surface area contributed by atoms with E-state index in [4.69, 9.17) is 9.47 Å². The molecule has 0 aromatic carbocycles. The van der Waals surface area contributed by atoms with E-state index in [1.165, 1.54) is 64.2 Å². The quantitative estimate of drug-likeness (QED) is 0.0186. The smallest absolute Gasteiger partial charge is 0.249 e. The molecule has 9 atom stereocenters. The minimum absolute atomic E-state index is 0.231. The zero-order valence-electron chi connectivity index (χ0n) is 35.6. The van der Waals surface area contributed by atoms with E-state index in [-0.39, 0.29) is 12.8 Å². The van der Waals surface area contributed by atoms with Crippen molar-refractivity contribution in [3.05, 3.63) is 48.6 Å². The van der Waals surface area contributed by atoms with Crippen LogP contribution in [0.1, 0.15) is 168 Å². The van der Waals surface area contributed by atoms with E-state index in [1.54, 1.807) is 0 Å². The molecule has 0 saturated carbocycles. The second-order valence-corrected chi connectivity index (χ2v) is 15.8. The number of carbonyl (C=O) groups is 1. The number of ether oxygens (including phenoxy) is 2. The Morgan fingerprint density at radius 2 is 1.11 bits per heavy atom. The van der Waals surface area contributed by atoms with Gasteiger partial charge in [0.2, 0.25) is 5.91 Å². The molecule has 0 aliphatic carbocycles. The van der Waals surface area contributed by atoms with E-state index in [9.17, 15) is 40.5 Å². The van der Waals surface area contributed by atoms with Crippen molar-refractivity contribution in [2.45, 2.75) is 223 Å². The van der Waals surface area contributed by atoms with E-state index in [0.29, 0.717) is 19.3 Å². The number of hydrogen-bond donors (Lipinski definition) is 8. The van der Waals surface area contributed by atoms with Crippen LogP contribution in [0.2, 0.25) is 0 Å². The summed E-state index contributed by atoms with van der Waals surface area (Å²) in [4.78, 5) is 13.0. The van der Waals surface area contributed by atoms with E-state index in [2.05, 4.69) is 67.8 Å². The van der Waals surface area contributed by atoms with Gasteiger partial charge >= 0.3 is 0 Å². The van der Waals surface area contributed by atoms with Gasteiger partial charge in [0, 0.05) is 0 Å². The highest BCUT2D eigenvalue weighted by atomic mass is 16.7. The molecule has 11 heteroatoms. The number of aliphatic hydroxyl groups is 7. The fourth-order valence-electron chi connectivity index (χ4n) is 6.80. The lowest BCUT2D eigenvalue weighted by molar-refractivity contribution is -0.303. The summed E-state index contributed by atoms with van der Waals surface area (Å²) < 4.78 is 11.0. The first-order valence-electron chi connectivity index (χ1n) is 22.6. The SMILES string of the molecule is CCCCC/C=C\C=C/CCCCCCCC(O)C(=O)NC(COC1OC(CO)C(O)C(O)C1O)C(O)C(O)CCC/C=C/CC/C=C/CCCCCCCCC. The molecule has 1 heterocycles. The molecule has 1 rings (SSSR count). The molecular weight excluding hydrogens is 727 g/mol. The molecule has 9 unspecified atom stereocenters. The van der Waals surface area contributed by atoms with Crippen LogP contribution in [0.25, 0.3) is 0 Å². The maximum atomic E-state index is 13.0. The summed E-state index contributed by atoms with van der Waals surface area (Å²) in [5, 5.41) is 75.5. The zero-order chi connectivity index (χ0) is 41.9. The number of amides is 1. The lowest BCUT2D eigenvalue weighted by Crippen LogP contribution is -2.60. The molecule has 0 aromatic rings. The van der Waals surface area contributed by atoms with Gasteiger partial charge in [-0.15, -0.1) is 0 Å². The van der Waals surface area contributed by atoms with Crippen molar-refractivity contribution < 1.29 is 50.0 Å². The first kappa shape index (κ1) is 53.1. The summed E-state index contributed by atoms with van der Waals surface area (Å²) in [5.74, 6) is -0.726. The molecular formula is C46H83NO10. The second-order valence-electron chi connectivity index (χ2n) is 15.8. The number of unbranched alkanes of at least 4 members (excludes halogenated alkanes) is 17. The Morgan fingerprint density at radius 3 is 1.70 bits per heavy atom. The number of nitrogens with one attached hydrogen (secondary N) is 1. The number of rotatable bonds is 36. The fraction of sp³-hybridized carbons (Fsp3) is 0.804. The summed E-state index contributed by atoms with van der Waals surface area (Å²) in [5.41, 5.74) is 0. The van der Waals surface area contributed by atoms with Crippen LogP contribution >= 0.6 is 0 Å². The van der Waals surface area contributed by atoms with Crippen molar-refractivity contribution in [1.29, 1.82) is 0 Å². The van der Waals surface area contributed by atoms with Crippen LogP contribution < -0.4 is 5.32 Å². The van der Waals surface area contributed by atoms with Crippen LogP contribution in [0.4, 0.5) is 0 Å². The van der Waals surface area contributed by atoms with Gasteiger partial charge < -0.3 is 50.5 Å². The third-order valence-electron chi connectivity index (χ3n) is 10.6. The summed E-state index contributed by atoms with van der Waals surface area (Å²) in [6, 6.07) is -1.20. The summed E-state index contributed by atoms with van der Waals surface area (Å²) in [6.45, 7) is 3.35. The van der Waals surface area contributed by atoms with Crippen molar-refractivity contribution in [3.63, 3.8) is 0 Å². The Kier molecular flexibility index (Phi) is 33.5. The number of carbonyl (C=O) groups excluding carboxylic acids is 1. The van der Waals surface area contributed by atoms with Crippen LogP contribution in [-0.2, 0) is 14.3 Å². The Hall–Kier alpha value is -1.93. The van der Waals surface area contributed by atoms with Gasteiger partial charge in [-0.05, 0) is 77.0 Å². The third kappa shape index (κ3) is 26.0. The number of hydrogen-bond acceptors (Lipinski definition) is 10. The minimum Gasteiger partial charge on any atom is -0.394 e. The largest absolute Gasteiger partial charge is 0.394 e. The number of allylic oxidation sites excluding steroid dienone is 8. The lowest BCUT2D eigenvalue weighted by Gasteiger charge is -2.40. The number of aliphatic hydroxyl groups excluding tert-OH is 7. The van der Waals surface area contributed by atoms with Crippen molar-refractivity contribution in [2.75, 3.05) is 13.2 Å². The lowest BCUT2D eigenvalue weighted by atomic mass is 9.98. The molecule has 11 nitrogen and oxygen atoms in total. The van der Waals surface area contributed by atoms with Crippen molar-refractivity contribution in [2.24, 2.45) is 0 Å². The van der Waals surface area contributed by atoms with Crippen molar-refractivity contribution in [1.82, 2.24) is 5.32 Å². The molecule has 57 heavy (non-hydrogen) atoms. The maximum Gasteiger partial charge on any atom is 0.249 e. The highest BCUT2D eigenvalue weighted by Crippen LogP contribution is 2.23. The second kappa shape index (κ2) is 36.0. The van der Waals surface area contributed by atoms with E-state index >= 15 is 0 Å². The molecule has 1 aliphatic heterocycles. The maximum absolute atomic E-state index is 13.0. The molecule has 0 radical (unpaired) electrons. The summed E-state index contributed by atoms with van der Waals surface area (Å²) in [6.07, 6.45) is 30.1. The average Bonchev–Trinajstić information content (AvgIpc) is 3.21. The molecule has 0 bridgehead atoms. The van der Waals surface area contributed by atoms with Gasteiger partial charge in [0.15, 0.2) is 6.29 Å². The third-order valence-corrected chi connectivity index (χ3v) is 10.6. The van der Waals surface area contributed by atoms with Gasteiger partial charge in [-0.1, -0.05) is 140 Å². The first-order valence-corrected chi connectivity index (χ1v) is 22.6. The van der Waals surface area contributed by atoms with Crippen molar-refractivity contribution in [3.8, 4) is 0 Å². The van der Waals surface area contributed by atoms with Crippen LogP contribution in [0.15, 0.2) is 48.6 Å². The molecule has 1 amide bonds.